The second kappa shape index (κ2) is 6.08. The molecular formula is C17H18FNOS. The van der Waals surface area contributed by atoms with Crippen molar-refractivity contribution in [2.75, 3.05) is 13.1 Å². The first-order valence-electron chi connectivity index (χ1n) is 7.24. The van der Waals surface area contributed by atoms with Crippen LogP contribution in [0.2, 0.25) is 0 Å². The van der Waals surface area contributed by atoms with E-state index in [1.54, 1.807) is 12.1 Å². The van der Waals surface area contributed by atoms with Gasteiger partial charge in [-0.3, -0.25) is 9.69 Å². The van der Waals surface area contributed by atoms with E-state index in [1.165, 1.54) is 22.6 Å². The summed E-state index contributed by atoms with van der Waals surface area (Å²) in [7, 11) is 0. The summed E-state index contributed by atoms with van der Waals surface area (Å²) in [6, 6.07) is 8.38. The van der Waals surface area contributed by atoms with E-state index in [-0.39, 0.29) is 11.6 Å². The van der Waals surface area contributed by atoms with Crippen LogP contribution < -0.4 is 0 Å². The lowest BCUT2D eigenvalue weighted by Gasteiger charge is -2.33. The van der Waals surface area contributed by atoms with Gasteiger partial charge in [-0.25, -0.2) is 4.39 Å². The van der Waals surface area contributed by atoms with Crippen molar-refractivity contribution in [1.82, 2.24) is 4.90 Å². The highest BCUT2D eigenvalue weighted by molar-refractivity contribution is 7.10. The van der Waals surface area contributed by atoms with Crippen LogP contribution in [0.3, 0.4) is 0 Å². The average molecular weight is 303 g/mol. The Hall–Kier alpha value is -1.52. The second-order valence-electron chi connectivity index (χ2n) is 5.44. The van der Waals surface area contributed by atoms with Crippen molar-refractivity contribution in [3.8, 4) is 0 Å². The molecule has 1 aliphatic rings. The zero-order valence-electron chi connectivity index (χ0n) is 12.0. The summed E-state index contributed by atoms with van der Waals surface area (Å²) < 4.78 is 12.9. The van der Waals surface area contributed by atoms with Gasteiger partial charge in [0.2, 0.25) is 0 Å². The Balaban J connectivity index is 1.61. The zero-order valence-corrected chi connectivity index (χ0v) is 12.8. The van der Waals surface area contributed by atoms with Crippen molar-refractivity contribution in [2.24, 2.45) is 0 Å². The number of benzene rings is 1. The maximum Gasteiger partial charge on any atom is 0.164 e. The van der Waals surface area contributed by atoms with Gasteiger partial charge in [0.1, 0.15) is 5.82 Å². The van der Waals surface area contributed by atoms with E-state index in [4.69, 9.17) is 0 Å². The number of Topliss-reactive ketones (excluding diaryl/α,β-unsaturated/α-hetero) is 1. The number of ketones is 1. The van der Waals surface area contributed by atoms with E-state index in [0.29, 0.717) is 18.0 Å². The van der Waals surface area contributed by atoms with E-state index >= 15 is 0 Å². The van der Waals surface area contributed by atoms with Crippen molar-refractivity contribution >= 4 is 17.1 Å². The van der Waals surface area contributed by atoms with Crippen molar-refractivity contribution in [2.45, 2.75) is 25.8 Å². The number of nitrogens with zero attached hydrogens (tertiary/aromatic N) is 1. The standard InChI is InChI=1S/C17H18FNOS/c1-12-15-8-11-21-17(15)7-10-19(12)9-6-16(20)13-2-4-14(18)5-3-13/h2-5,8,11-12H,6-7,9-10H2,1H3. The molecule has 21 heavy (non-hydrogen) atoms. The van der Waals surface area contributed by atoms with Crippen LogP contribution >= 0.6 is 11.3 Å². The van der Waals surface area contributed by atoms with Gasteiger partial charge in [0.05, 0.1) is 0 Å². The van der Waals surface area contributed by atoms with Crippen LogP contribution in [0.4, 0.5) is 4.39 Å². The number of fused-ring (bicyclic) bond motifs is 1. The Labute approximate surface area is 128 Å². The Bertz CT molecular complexity index is 634. The van der Waals surface area contributed by atoms with E-state index < -0.39 is 0 Å². The minimum Gasteiger partial charge on any atom is -0.296 e. The molecule has 0 N–H and O–H groups in total. The van der Waals surface area contributed by atoms with Gasteiger partial charge in [-0.1, -0.05) is 0 Å². The molecule has 1 unspecified atom stereocenters. The Kier molecular flexibility index (Phi) is 4.17. The Morgan fingerprint density at radius 1 is 1.33 bits per heavy atom. The van der Waals surface area contributed by atoms with Crippen molar-refractivity contribution in [1.29, 1.82) is 0 Å². The average Bonchev–Trinajstić information content (AvgIpc) is 2.96. The lowest BCUT2D eigenvalue weighted by molar-refractivity contribution is 0.0949. The maximum atomic E-state index is 12.9. The van der Waals surface area contributed by atoms with Gasteiger partial charge in [0.15, 0.2) is 5.78 Å². The molecular weight excluding hydrogens is 285 g/mol. The second-order valence-corrected chi connectivity index (χ2v) is 6.44. The van der Waals surface area contributed by atoms with Crippen LogP contribution in [-0.2, 0) is 6.42 Å². The fourth-order valence-electron chi connectivity index (χ4n) is 2.89. The molecule has 2 heterocycles. The first-order chi connectivity index (χ1) is 10.1. The molecule has 0 bridgehead atoms. The highest BCUT2D eigenvalue weighted by Gasteiger charge is 2.24. The number of rotatable bonds is 4. The molecule has 110 valence electrons. The van der Waals surface area contributed by atoms with Gasteiger partial charge in [-0.2, -0.15) is 0 Å². The lowest BCUT2D eigenvalue weighted by atomic mass is 10.0. The van der Waals surface area contributed by atoms with E-state index in [0.717, 1.165) is 19.5 Å². The van der Waals surface area contributed by atoms with E-state index in [9.17, 15) is 9.18 Å². The summed E-state index contributed by atoms with van der Waals surface area (Å²) in [4.78, 5) is 16.0. The van der Waals surface area contributed by atoms with Gasteiger partial charge >= 0.3 is 0 Å². The topological polar surface area (TPSA) is 20.3 Å². The highest BCUT2D eigenvalue weighted by Crippen LogP contribution is 2.32. The molecule has 1 atom stereocenters. The summed E-state index contributed by atoms with van der Waals surface area (Å²) in [5.74, 6) is -0.223. The first kappa shape index (κ1) is 14.4. The molecule has 0 fully saturated rings. The summed E-state index contributed by atoms with van der Waals surface area (Å²) in [6.45, 7) is 3.96. The molecule has 0 saturated heterocycles. The van der Waals surface area contributed by atoms with Gasteiger partial charge < -0.3 is 0 Å². The number of carbonyl (C=O) groups excluding carboxylic acids is 1. The Morgan fingerprint density at radius 3 is 2.86 bits per heavy atom. The molecule has 0 radical (unpaired) electrons. The smallest absolute Gasteiger partial charge is 0.164 e. The van der Waals surface area contributed by atoms with Crippen molar-refractivity contribution in [3.63, 3.8) is 0 Å². The fraction of sp³-hybridized carbons (Fsp3) is 0.353. The molecule has 4 heteroatoms. The minimum absolute atomic E-state index is 0.0818. The van der Waals surface area contributed by atoms with Gasteiger partial charge in [-0.05, 0) is 54.6 Å². The van der Waals surface area contributed by atoms with Crippen molar-refractivity contribution in [3.05, 3.63) is 57.5 Å². The predicted octanol–water partition coefficient (Wildman–Crippen LogP) is 4.08. The molecule has 1 aromatic heterocycles. The number of hydrogen-bond donors (Lipinski definition) is 0. The third-order valence-electron chi connectivity index (χ3n) is 4.20. The summed E-state index contributed by atoms with van der Waals surface area (Å²) in [6.07, 6.45) is 1.55. The van der Waals surface area contributed by atoms with Gasteiger partial charge in [0.25, 0.3) is 0 Å². The van der Waals surface area contributed by atoms with Crippen LogP contribution in [0.25, 0.3) is 0 Å². The van der Waals surface area contributed by atoms with Crippen LogP contribution in [0.5, 0.6) is 0 Å². The SMILES string of the molecule is CC1c2ccsc2CCN1CCC(=O)c1ccc(F)cc1. The van der Waals surface area contributed by atoms with Crippen molar-refractivity contribution < 1.29 is 9.18 Å². The summed E-state index contributed by atoms with van der Waals surface area (Å²) in [5, 5.41) is 2.15. The largest absolute Gasteiger partial charge is 0.296 e. The normalized spacial score (nSPS) is 18.5. The van der Waals surface area contributed by atoms with Gasteiger partial charge in [0, 0.05) is 36.0 Å². The molecule has 0 aliphatic carbocycles. The third kappa shape index (κ3) is 3.06. The molecule has 2 nitrogen and oxygen atoms in total. The fourth-order valence-corrected chi connectivity index (χ4v) is 3.85. The number of hydrogen-bond acceptors (Lipinski definition) is 3. The van der Waals surface area contributed by atoms with E-state index in [2.05, 4.69) is 23.3 Å². The monoisotopic (exact) mass is 303 g/mol. The molecule has 1 aliphatic heterocycles. The zero-order chi connectivity index (χ0) is 14.8. The Morgan fingerprint density at radius 2 is 2.10 bits per heavy atom. The molecule has 2 aromatic rings. The van der Waals surface area contributed by atoms with Crippen LogP contribution in [0.1, 0.15) is 40.2 Å². The molecule has 0 saturated carbocycles. The quantitative estimate of drug-likeness (QED) is 0.793. The van der Waals surface area contributed by atoms with Crippen LogP contribution in [0, 0.1) is 5.82 Å². The van der Waals surface area contributed by atoms with E-state index in [1.807, 2.05) is 11.3 Å². The summed E-state index contributed by atoms with van der Waals surface area (Å²) >= 11 is 1.82. The van der Waals surface area contributed by atoms with Crippen LogP contribution in [-0.4, -0.2) is 23.8 Å². The number of halogens is 1. The summed E-state index contributed by atoms with van der Waals surface area (Å²) in [5.41, 5.74) is 2.00. The van der Waals surface area contributed by atoms with Crippen LogP contribution in [0.15, 0.2) is 35.7 Å². The lowest BCUT2D eigenvalue weighted by Crippen LogP contribution is -2.34. The highest BCUT2D eigenvalue weighted by atomic mass is 32.1. The number of thiophene rings is 1. The van der Waals surface area contributed by atoms with Gasteiger partial charge in [-0.15, -0.1) is 11.3 Å². The minimum atomic E-state index is -0.304. The third-order valence-corrected chi connectivity index (χ3v) is 5.19. The maximum absolute atomic E-state index is 12.9. The molecule has 0 spiro atoms. The molecule has 1 aromatic carbocycles. The predicted molar refractivity (Wildman–Crippen MR) is 83.4 cm³/mol. The molecule has 0 amide bonds. The molecule has 3 rings (SSSR count). The number of carbonyl (C=O) groups is 1. The first-order valence-corrected chi connectivity index (χ1v) is 8.12.